The van der Waals surface area contributed by atoms with Gasteiger partial charge in [0, 0.05) is 16.8 Å². The third-order valence-electron chi connectivity index (χ3n) is 4.86. The van der Waals surface area contributed by atoms with Gasteiger partial charge in [-0.3, -0.25) is 4.79 Å². The van der Waals surface area contributed by atoms with E-state index in [9.17, 15) is 9.18 Å². The zero-order valence-electron chi connectivity index (χ0n) is 17.5. The lowest BCUT2D eigenvalue weighted by molar-refractivity contribution is 0.0939. The van der Waals surface area contributed by atoms with Crippen LogP contribution in [0.25, 0.3) is 5.69 Å². The number of carbonyl (C=O) groups is 1. The van der Waals surface area contributed by atoms with Crippen LogP contribution in [-0.4, -0.2) is 37.0 Å². The third-order valence-corrected chi connectivity index (χ3v) is 4.86. The van der Waals surface area contributed by atoms with Crippen LogP contribution in [-0.2, 0) is 0 Å². The number of halogens is 1. The maximum atomic E-state index is 13.2. The van der Waals surface area contributed by atoms with E-state index in [-0.39, 0.29) is 17.8 Å². The lowest BCUT2D eigenvalue weighted by Gasteiger charge is -2.17. The van der Waals surface area contributed by atoms with Crippen molar-refractivity contribution in [3.8, 4) is 22.9 Å². The molecule has 1 aromatic heterocycles. The number of methoxy groups -OCH3 is 3. The Labute approximate surface area is 174 Å². The Hall–Kier alpha value is -3.55. The van der Waals surface area contributed by atoms with Crippen LogP contribution < -0.4 is 19.5 Å². The summed E-state index contributed by atoms with van der Waals surface area (Å²) >= 11 is 0. The van der Waals surface area contributed by atoms with Crippen LogP contribution in [0.4, 0.5) is 4.39 Å². The molecule has 2 aromatic carbocycles. The van der Waals surface area contributed by atoms with Crippen molar-refractivity contribution in [1.82, 2.24) is 15.1 Å². The second-order valence-electron chi connectivity index (χ2n) is 6.68. The van der Waals surface area contributed by atoms with Crippen LogP contribution in [0.1, 0.15) is 34.6 Å². The standard InChI is InChI=1S/C22H24FN3O4/c1-13(18-12-24-26(14(18)2)17-8-6-16(23)7-9-17)25-22(27)15-10-19(28-3)21(30-5)20(11-15)29-4/h6-13H,1-5H3,(H,25,27). The highest BCUT2D eigenvalue weighted by molar-refractivity contribution is 5.95. The maximum absolute atomic E-state index is 13.2. The Balaban J connectivity index is 1.84. The molecule has 0 aliphatic rings. The molecule has 1 amide bonds. The largest absolute Gasteiger partial charge is 0.493 e. The number of nitrogens with zero attached hydrogens (tertiary/aromatic N) is 2. The van der Waals surface area contributed by atoms with Gasteiger partial charge in [-0.15, -0.1) is 0 Å². The molecule has 0 spiro atoms. The summed E-state index contributed by atoms with van der Waals surface area (Å²) in [6.45, 7) is 3.77. The van der Waals surface area contributed by atoms with Crippen molar-refractivity contribution >= 4 is 5.91 Å². The molecule has 0 fully saturated rings. The average molecular weight is 413 g/mol. The van der Waals surface area contributed by atoms with E-state index in [1.54, 1.807) is 35.1 Å². The fourth-order valence-corrected chi connectivity index (χ4v) is 3.26. The van der Waals surface area contributed by atoms with E-state index in [4.69, 9.17) is 14.2 Å². The lowest BCUT2D eigenvalue weighted by Crippen LogP contribution is -2.27. The van der Waals surface area contributed by atoms with Crippen LogP contribution in [0.2, 0.25) is 0 Å². The van der Waals surface area contributed by atoms with Crippen LogP contribution in [0.3, 0.4) is 0 Å². The Kier molecular flexibility index (Phi) is 6.25. The molecule has 1 N–H and O–H groups in total. The van der Waals surface area contributed by atoms with Gasteiger partial charge in [0.1, 0.15) is 5.82 Å². The molecule has 0 aliphatic heterocycles. The van der Waals surface area contributed by atoms with E-state index < -0.39 is 0 Å². The average Bonchev–Trinajstić information content (AvgIpc) is 3.14. The minimum Gasteiger partial charge on any atom is -0.493 e. The number of nitrogens with one attached hydrogen (secondary N) is 1. The Bertz CT molecular complexity index is 1020. The van der Waals surface area contributed by atoms with Crippen LogP contribution >= 0.6 is 0 Å². The molecule has 0 saturated heterocycles. The smallest absolute Gasteiger partial charge is 0.252 e. The topological polar surface area (TPSA) is 74.6 Å². The predicted molar refractivity (Wildman–Crippen MR) is 110 cm³/mol. The number of hydrogen-bond acceptors (Lipinski definition) is 5. The molecule has 1 unspecified atom stereocenters. The molecule has 7 nitrogen and oxygen atoms in total. The monoisotopic (exact) mass is 413 g/mol. The summed E-state index contributed by atoms with van der Waals surface area (Å²) in [5.41, 5.74) is 2.81. The molecule has 8 heteroatoms. The molecular weight excluding hydrogens is 389 g/mol. The zero-order chi connectivity index (χ0) is 21.8. The fraction of sp³-hybridized carbons (Fsp3) is 0.273. The van der Waals surface area contributed by atoms with Crippen LogP contribution in [0, 0.1) is 12.7 Å². The first-order chi connectivity index (χ1) is 14.4. The van der Waals surface area contributed by atoms with Crippen molar-refractivity contribution in [3.05, 3.63) is 65.2 Å². The number of hydrogen-bond donors (Lipinski definition) is 1. The van der Waals surface area contributed by atoms with Gasteiger partial charge in [0.2, 0.25) is 5.75 Å². The van der Waals surface area contributed by atoms with Gasteiger partial charge >= 0.3 is 0 Å². The van der Waals surface area contributed by atoms with Crippen LogP contribution in [0.15, 0.2) is 42.6 Å². The molecule has 1 heterocycles. The van der Waals surface area contributed by atoms with Gasteiger partial charge in [0.15, 0.2) is 11.5 Å². The highest BCUT2D eigenvalue weighted by Crippen LogP contribution is 2.38. The molecule has 0 bridgehead atoms. The van der Waals surface area contributed by atoms with Crippen molar-refractivity contribution in [2.45, 2.75) is 19.9 Å². The normalized spacial score (nSPS) is 11.7. The number of aromatic nitrogens is 2. The molecule has 3 aromatic rings. The van der Waals surface area contributed by atoms with Gasteiger partial charge in [-0.05, 0) is 50.2 Å². The predicted octanol–water partition coefficient (Wildman–Crippen LogP) is 3.84. The van der Waals surface area contributed by atoms with Gasteiger partial charge in [0.05, 0.1) is 39.3 Å². The Morgan fingerprint density at radius 2 is 1.67 bits per heavy atom. The third kappa shape index (κ3) is 4.07. The first-order valence-corrected chi connectivity index (χ1v) is 9.31. The Morgan fingerprint density at radius 3 is 2.20 bits per heavy atom. The SMILES string of the molecule is COc1cc(C(=O)NC(C)c2cnn(-c3ccc(F)cc3)c2C)cc(OC)c1OC. The zero-order valence-corrected chi connectivity index (χ0v) is 17.5. The van der Waals surface area contributed by atoms with Gasteiger partial charge in [-0.2, -0.15) is 5.10 Å². The first-order valence-electron chi connectivity index (χ1n) is 9.31. The maximum Gasteiger partial charge on any atom is 0.252 e. The minimum absolute atomic E-state index is 0.296. The van der Waals surface area contributed by atoms with Crippen molar-refractivity contribution in [1.29, 1.82) is 0 Å². The van der Waals surface area contributed by atoms with Crippen molar-refractivity contribution in [3.63, 3.8) is 0 Å². The fourth-order valence-electron chi connectivity index (χ4n) is 3.26. The number of ether oxygens (including phenoxy) is 3. The summed E-state index contributed by atoms with van der Waals surface area (Å²) < 4.78 is 30.8. The van der Waals surface area contributed by atoms with E-state index in [1.165, 1.54) is 33.5 Å². The summed E-state index contributed by atoms with van der Waals surface area (Å²) in [5, 5.41) is 7.34. The van der Waals surface area contributed by atoms with Gasteiger partial charge in [-0.1, -0.05) is 0 Å². The second-order valence-corrected chi connectivity index (χ2v) is 6.68. The van der Waals surface area contributed by atoms with Crippen molar-refractivity contribution in [2.75, 3.05) is 21.3 Å². The van der Waals surface area contributed by atoms with Crippen molar-refractivity contribution < 1.29 is 23.4 Å². The van der Waals surface area contributed by atoms with E-state index in [0.29, 0.717) is 22.8 Å². The summed E-state index contributed by atoms with van der Waals surface area (Å²) in [5.74, 6) is 0.608. The molecular formula is C22H24FN3O4. The van der Waals surface area contributed by atoms with Gasteiger partial charge in [-0.25, -0.2) is 9.07 Å². The number of amides is 1. The summed E-state index contributed by atoms with van der Waals surface area (Å²) in [6, 6.07) is 8.94. The van der Waals surface area contributed by atoms with Gasteiger partial charge in [0.25, 0.3) is 5.91 Å². The molecule has 30 heavy (non-hydrogen) atoms. The van der Waals surface area contributed by atoms with E-state index >= 15 is 0 Å². The molecule has 0 radical (unpaired) electrons. The molecule has 3 rings (SSSR count). The highest BCUT2D eigenvalue weighted by atomic mass is 19.1. The quantitative estimate of drug-likeness (QED) is 0.637. The van der Waals surface area contributed by atoms with Crippen molar-refractivity contribution in [2.24, 2.45) is 0 Å². The highest BCUT2D eigenvalue weighted by Gasteiger charge is 2.20. The summed E-state index contributed by atoms with van der Waals surface area (Å²) in [4.78, 5) is 12.9. The summed E-state index contributed by atoms with van der Waals surface area (Å²) in [7, 11) is 4.49. The first kappa shape index (κ1) is 21.2. The second kappa shape index (κ2) is 8.86. The molecule has 0 saturated carbocycles. The number of benzene rings is 2. The number of carbonyl (C=O) groups excluding carboxylic acids is 1. The molecule has 1 atom stereocenters. The van der Waals surface area contributed by atoms with Crippen LogP contribution in [0.5, 0.6) is 17.2 Å². The Morgan fingerprint density at radius 1 is 1.07 bits per heavy atom. The lowest BCUT2D eigenvalue weighted by atomic mass is 10.1. The molecule has 0 aliphatic carbocycles. The number of rotatable bonds is 7. The van der Waals surface area contributed by atoms with E-state index in [0.717, 1.165) is 16.9 Å². The molecule has 158 valence electrons. The van der Waals surface area contributed by atoms with Gasteiger partial charge < -0.3 is 19.5 Å². The van der Waals surface area contributed by atoms with E-state index in [1.807, 2.05) is 13.8 Å². The van der Waals surface area contributed by atoms with E-state index in [2.05, 4.69) is 10.4 Å². The minimum atomic E-state index is -0.314. The summed E-state index contributed by atoms with van der Waals surface area (Å²) in [6.07, 6.45) is 1.69.